The van der Waals surface area contributed by atoms with Crippen LogP contribution in [0.15, 0.2) is 24.3 Å². The first-order valence-corrected chi connectivity index (χ1v) is 8.75. The number of hydrogen-bond acceptors (Lipinski definition) is 4. The van der Waals surface area contributed by atoms with Crippen LogP contribution in [0.5, 0.6) is 5.75 Å². The predicted octanol–water partition coefficient (Wildman–Crippen LogP) is 1.96. The summed E-state index contributed by atoms with van der Waals surface area (Å²) in [6, 6.07) is 5.94. The van der Waals surface area contributed by atoms with Crippen molar-refractivity contribution in [3.63, 3.8) is 0 Å². The van der Waals surface area contributed by atoms with Gasteiger partial charge in [-0.3, -0.25) is 14.5 Å². The Morgan fingerprint density at radius 2 is 1.92 bits per heavy atom. The fraction of sp³-hybridized carbons (Fsp3) is 0.556. The van der Waals surface area contributed by atoms with E-state index in [4.69, 9.17) is 0 Å². The lowest BCUT2D eigenvalue weighted by Crippen LogP contribution is -2.51. The van der Waals surface area contributed by atoms with Crippen LogP contribution in [0, 0.1) is 0 Å². The third kappa shape index (κ3) is 5.94. The van der Waals surface area contributed by atoms with Crippen LogP contribution in [-0.2, 0) is 4.79 Å². The Balaban J connectivity index is 1.85. The molecule has 6 nitrogen and oxygen atoms in total. The highest BCUT2D eigenvalue weighted by atomic mass is 19.3. The molecule has 0 spiro atoms. The van der Waals surface area contributed by atoms with Crippen molar-refractivity contribution >= 4 is 11.8 Å². The molecule has 0 aromatic heterocycles. The van der Waals surface area contributed by atoms with Gasteiger partial charge < -0.3 is 15.0 Å². The van der Waals surface area contributed by atoms with Gasteiger partial charge in [-0.05, 0) is 31.5 Å². The van der Waals surface area contributed by atoms with Crippen molar-refractivity contribution in [2.75, 3.05) is 32.7 Å². The normalized spacial score (nSPS) is 16.4. The average Bonchev–Trinajstić information content (AvgIpc) is 2.61. The highest BCUT2D eigenvalue weighted by Crippen LogP contribution is 2.18. The summed E-state index contributed by atoms with van der Waals surface area (Å²) in [5.74, 6) is -0.282. The van der Waals surface area contributed by atoms with Crippen LogP contribution in [0.1, 0.15) is 30.6 Å². The number of halogens is 2. The summed E-state index contributed by atoms with van der Waals surface area (Å²) in [7, 11) is 0. The number of nitrogens with one attached hydrogen (secondary N) is 1. The van der Waals surface area contributed by atoms with Crippen molar-refractivity contribution in [1.82, 2.24) is 15.1 Å². The van der Waals surface area contributed by atoms with Crippen LogP contribution >= 0.6 is 0 Å². The zero-order chi connectivity index (χ0) is 19.1. The molecule has 1 aliphatic rings. The summed E-state index contributed by atoms with van der Waals surface area (Å²) < 4.78 is 28.9. The van der Waals surface area contributed by atoms with Gasteiger partial charge in [-0.15, -0.1) is 0 Å². The van der Waals surface area contributed by atoms with Gasteiger partial charge >= 0.3 is 6.61 Å². The second kappa shape index (κ2) is 9.47. The molecule has 0 saturated carbocycles. The third-order valence-electron chi connectivity index (χ3n) is 4.35. The number of rotatable bonds is 7. The van der Waals surface area contributed by atoms with E-state index in [1.807, 2.05) is 18.7 Å². The molecule has 1 unspecified atom stereocenters. The number of ether oxygens (including phenoxy) is 1. The summed E-state index contributed by atoms with van der Waals surface area (Å²) in [4.78, 5) is 28.1. The quantitative estimate of drug-likeness (QED) is 0.798. The molecule has 8 heteroatoms. The number of amides is 2. The predicted molar refractivity (Wildman–Crippen MR) is 93.3 cm³/mol. The van der Waals surface area contributed by atoms with Crippen LogP contribution in [0.2, 0.25) is 0 Å². The first-order chi connectivity index (χ1) is 12.4. The Bertz CT molecular complexity index is 619. The van der Waals surface area contributed by atoms with Gasteiger partial charge in [-0.2, -0.15) is 8.78 Å². The van der Waals surface area contributed by atoms with E-state index in [9.17, 15) is 18.4 Å². The lowest BCUT2D eigenvalue weighted by molar-refractivity contribution is -0.123. The van der Waals surface area contributed by atoms with Gasteiger partial charge in [0, 0.05) is 37.8 Å². The van der Waals surface area contributed by atoms with Crippen molar-refractivity contribution < 1.29 is 23.1 Å². The van der Waals surface area contributed by atoms with E-state index < -0.39 is 6.61 Å². The van der Waals surface area contributed by atoms with Gasteiger partial charge in [0.05, 0.1) is 6.54 Å². The topological polar surface area (TPSA) is 61.9 Å². The molecule has 0 bridgehead atoms. The molecule has 1 N–H and O–H groups in total. The van der Waals surface area contributed by atoms with Crippen LogP contribution in [-0.4, -0.2) is 67.0 Å². The van der Waals surface area contributed by atoms with Crippen molar-refractivity contribution in [2.24, 2.45) is 0 Å². The molecule has 1 atom stereocenters. The van der Waals surface area contributed by atoms with E-state index in [1.165, 1.54) is 18.2 Å². The smallest absolute Gasteiger partial charge is 0.387 e. The highest BCUT2D eigenvalue weighted by molar-refractivity contribution is 5.94. The first-order valence-electron chi connectivity index (χ1n) is 8.75. The third-order valence-corrected chi connectivity index (χ3v) is 4.35. The van der Waals surface area contributed by atoms with Gasteiger partial charge in [-0.25, -0.2) is 0 Å². The summed E-state index contributed by atoms with van der Waals surface area (Å²) in [5, 5.41) is 2.92. The minimum absolute atomic E-state index is 0.0176. The molecule has 1 fully saturated rings. The van der Waals surface area contributed by atoms with Crippen LogP contribution in [0.25, 0.3) is 0 Å². The fourth-order valence-electron chi connectivity index (χ4n) is 2.72. The zero-order valence-corrected chi connectivity index (χ0v) is 15.1. The Morgan fingerprint density at radius 1 is 1.23 bits per heavy atom. The molecule has 1 heterocycles. The zero-order valence-electron chi connectivity index (χ0n) is 15.1. The monoisotopic (exact) mass is 369 g/mol. The molecular weight excluding hydrogens is 344 g/mol. The molecule has 1 aliphatic heterocycles. The molecule has 26 heavy (non-hydrogen) atoms. The minimum atomic E-state index is -2.93. The van der Waals surface area contributed by atoms with Gasteiger partial charge in [0.15, 0.2) is 0 Å². The molecule has 0 aliphatic carbocycles. The number of carbonyl (C=O) groups excluding carboxylic acids is 2. The van der Waals surface area contributed by atoms with Gasteiger partial charge in [-0.1, -0.05) is 13.0 Å². The van der Waals surface area contributed by atoms with Crippen LogP contribution in [0.4, 0.5) is 8.78 Å². The number of piperazine rings is 1. The Morgan fingerprint density at radius 3 is 2.54 bits per heavy atom. The minimum Gasteiger partial charge on any atom is -0.435 e. The van der Waals surface area contributed by atoms with Crippen molar-refractivity contribution in [2.45, 2.75) is 32.9 Å². The van der Waals surface area contributed by atoms with Gasteiger partial charge in [0.25, 0.3) is 5.91 Å². The molecule has 1 aromatic rings. The second-order valence-corrected chi connectivity index (χ2v) is 6.35. The summed E-state index contributed by atoms with van der Waals surface area (Å²) in [5.41, 5.74) is 0.311. The number of benzene rings is 1. The SMILES string of the molecule is CCC(C)NC(=O)CN1CCN(C(=O)c2cccc(OC(F)F)c2)CC1. The van der Waals surface area contributed by atoms with Crippen molar-refractivity contribution in [1.29, 1.82) is 0 Å². The van der Waals surface area contributed by atoms with E-state index in [0.29, 0.717) is 38.3 Å². The Hall–Kier alpha value is -2.22. The molecule has 2 amide bonds. The maximum absolute atomic E-state index is 12.5. The van der Waals surface area contributed by atoms with E-state index in [1.54, 1.807) is 11.0 Å². The maximum atomic E-state index is 12.5. The molecule has 1 saturated heterocycles. The molecular formula is C18H25F2N3O3. The fourth-order valence-corrected chi connectivity index (χ4v) is 2.72. The van der Waals surface area contributed by atoms with E-state index in [2.05, 4.69) is 10.1 Å². The molecule has 2 rings (SSSR count). The largest absolute Gasteiger partial charge is 0.435 e. The first kappa shape index (κ1) is 20.1. The second-order valence-electron chi connectivity index (χ2n) is 6.35. The van der Waals surface area contributed by atoms with Crippen molar-refractivity contribution in [3.8, 4) is 5.75 Å². The maximum Gasteiger partial charge on any atom is 0.387 e. The van der Waals surface area contributed by atoms with E-state index in [-0.39, 0.29) is 23.6 Å². The Kier molecular flexibility index (Phi) is 7.32. The van der Waals surface area contributed by atoms with Gasteiger partial charge in [0.1, 0.15) is 5.75 Å². The summed E-state index contributed by atoms with van der Waals surface area (Å²) in [6.07, 6.45) is 0.877. The number of nitrogens with zero attached hydrogens (tertiary/aromatic N) is 2. The van der Waals surface area contributed by atoms with E-state index in [0.717, 1.165) is 6.42 Å². The van der Waals surface area contributed by atoms with E-state index >= 15 is 0 Å². The average molecular weight is 369 g/mol. The Labute approximate surface area is 152 Å². The van der Waals surface area contributed by atoms with Crippen LogP contribution in [0.3, 0.4) is 0 Å². The highest BCUT2D eigenvalue weighted by Gasteiger charge is 2.24. The van der Waals surface area contributed by atoms with Crippen LogP contribution < -0.4 is 10.1 Å². The lowest BCUT2D eigenvalue weighted by Gasteiger charge is -2.34. The molecule has 1 aromatic carbocycles. The lowest BCUT2D eigenvalue weighted by atomic mass is 10.1. The summed E-state index contributed by atoms with van der Waals surface area (Å²) >= 11 is 0. The number of carbonyl (C=O) groups is 2. The molecule has 0 radical (unpaired) electrons. The van der Waals surface area contributed by atoms with Crippen molar-refractivity contribution in [3.05, 3.63) is 29.8 Å². The van der Waals surface area contributed by atoms with Gasteiger partial charge in [0.2, 0.25) is 5.91 Å². The summed E-state index contributed by atoms with van der Waals surface area (Å²) in [6.45, 7) is 3.50. The molecule has 144 valence electrons. The number of alkyl halides is 2. The standard InChI is InChI=1S/C18H25F2N3O3/c1-3-13(2)21-16(24)12-22-7-9-23(10-8-22)17(25)14-5-4-6-15(11-14)26-18(19)20/h4-6,11,13,18H,3,7-10,12H2,1-2H3,(H,21,24). The number of hydrogen-bond donors (Lipinski definition) is 1.